The number of hydrogen-bond donors (Lipinski definition) is 1. The van der Waals surface area contributed by atoms with Gasteiger partial charge in [-0.05, 0) is 30.5 Å². The minimum absolute atomic E-state index is 0.0170. The van der Waals surface area contributed by atoms with Crippen molar-refractivity contribution in [1.82, 2.24) is 14.9 Å². The van der Waals surface area contributed by atoms with Crippen molar-refractivity contribution in [2.24, 2.45) is 0 Å². The Labute approximate surface area is 183 Å². The number of carbonyl (C=O) groups excluding carboxylic acids is 2. The smallest absolute Gasteiger partial charge is 0.262 e. The first-order valence-electron chi connectivity index (χ1n) is 10.2. The molecule has 2 heterocycles. The number of hydrogen-bond acceptors (Lipinski definition) is 6. The molecule has 1 unspecified atom stereocenters. The number of benzene rings is 2. The summed E-state index contributed by atoms with van der Waals surface area (Å²) in [5.41, 5.74) is 1.27. The first-order chi connectivity index (χ1) is 15.1. The first kappa shape index (κ1) is 21.3. The van der Waals surface area contributed by atoms with E-state index in [1.165, 1.54) is 0 Å². The van der Waals surface area contributed by atoms with Crippen LogP contribution >= 0.6 is 11.8 Å². The van der Waals surface area contributed by atoms with Crippen LogP contribution in [0.4, 0.5) is 0 Å². The Morgan fingerprint density at radius 2 is 1.87 bits per heavy atom. The first-order valence-corrected chi connectivity index (χ1v) is 11.2. The predicted molar refractivity (Wildman–Crippen MR) is 119 cm³/mol. The van der Waals surface area contributed by atoms with E-state index in [4.69, 9.17) is 4.74 Å². The van der Waals surface area contributed by atoms with Gasteiger partial charge in [-0.15, -0.1) is 0 Å². The monoisotopic (exact) mass is 437 g/mol. The quantitative estimate of drug-likeness (QED) is 0.451. The van der Waals surface area contributed by atoms with Gasteiger partial charge < -0.3 is 4.74 Å². The number of para-hydroxylation sites is 1. The van der Waals surface area contributed by atoms with Crippen molar-refractivity contribution in [2.45, 2.75) is 37.1 Å². The number of nitrogens with one attached hydrogen (secondary N) is 1. The highest BCUT2D eigenvalue weighted by Crippen LogP contribution is 2.21. The maximum Gasteiger partial charge on any atom is 0.262 e. The zero-order valence-electron chi connectivity index (χ0n) is 17.0. The number of rotatable bonds is 7. The normalized spacial score (nSPS) is 15.8. The van der Waals surface area contributed by atoms with Crippen LogP contribution in [0.25, 0.3) is 10.9 Å². The van der Waals surface area contributed by atoms with E-state index in [0.717, 1.165) is 30.2 Å². The highest BCUT2D eigenvalue weighted by Gasteiger charge is 2.21. The molecule has 2 amide bonds. The summed E-state index contributed by atoms with van der Waals surface area (Å²) in [6.45, 7) is 1.09. The summed E-state index contributed by atoms with van der Waals surface area (Å²) in [5, 5.41) is 3.39. The van der Waals surface area contributed by atoms with Crippen molar-refractivity contribution in [3.63, 3.8) is 0 Å². The van der Waals surface area contributed by atoms with Gasteiger partial charge in [-0.2, -0.15) is 0 Å². The van der Waals surface area contributed by atoms with Gasteiger partial charge in [0.05, 0.1) is 35.7 Å². The third-order valence-corrected chi connectivity index (χ3v) is 6.03. The van der Waals surface area contributed by atoms with E-state index >= 15 is 0 Å². The lowest BCUT2D eigenvalue weighted by molar-refractivity contribution is -0.128. The van der Waals surface area contributed by atoms with E-state index in [1.807, 2.05) is 36.4 Å². The van der Waals surface area contributed by atoms with E-state index in [0.29, 0.717) is 29.2 Å². The molecule has 0 saturated carbocycles. The van der Waals surface area contributed by atoms with Crippen molar-refractivity contribution in [3.8, 4) is 0 Å². The summed E-state index contributed by atoms with van der Waals surface area (Å²) in [6, 6.07) is 16.4. The molecular formula is C23H23N3O4S. The summed E-state index contributed by atoms with van der Waals surface area (Å²) in [5.74, 6) is -0.798. The molecule has 1 fully saturated rings. The molecule has 0 aliphatic carbocycles. The molecule has 0 radical (unpaired) electrons. The second kappa shape index (κ2) is 9.89. The van der Waals surface area contributed by atoms with E-state index in [2.05, 4.69) is 10.3 Å². The minimum Gasteiger partial charge on any atom is -0.376 e. The Morgan fingerprint density at radius 3 is 2.65 bits per heavy atom. The van der Waals surface area contributed by atoms with Gasteiger partial charge in [0.25, 0.3) is 5.56 Å². The number of carbonyl (C=O) groups is 2. The third-order valence-electron chi connectivity index (χ3n) is 5.06. The van der Waals surface area contributed by atoms with E-state index in [9.17, 15) is 14.4 Å². The molecule has 1 aromatic heterocycles. The fourth-order valence-corrected chi connectivity index (χ4v) is 4.37. The Kier molecular flexibility index (Phi) is 6.79. The average molecular weight is 438 g/mol. The fraction of sp³-hybridized carbons (Fsp3) is 0.304. The molecule has 160 valence electrons. The molecule has 7 nitrogen and oxygen atoms in total. The molecule has 4 rings (SSSR count). The Hall–Kier alpha value is -2.97. The summed E-state index contributed by atoms with van der Waals surface area (Å²) < 4.78 is 7.28. The van der Waals surface area contributed by atoms with Crippen LogP contribution in [-0.4, -0.2) is 39.8 Å². The predicted octanol–water partition coefficient (Wildman–Crippen LogP) is 2.55. The zero-order chi connectivity index (χ0) is 21.6. The largest absolute Gasteiger partial charge is 0.376 e. The van der Waals surface area contributed by atoms with Gasteiger partial charge in [-0.25, -0.2) is 4.98 Å². The van der Waals surface area contributed by atoms with Gasteiger partial charge in [0, 0.05) is 6.61 Å². The molecule has 1 atom stereocenters. The van der Waals surface area contributed by atoms with E-state index in [-0.39, 0.29) is 29.7 Å². The topological polar surface area (TPSA) is 90.3 Å². The van der Waals surface area contributed by atoms with Gasteiger partial charge in [-0.1, -0.05) is 54.2 Å². The van der Waals surface area contributed by atoms with Crippen molar-refractivity contribution >= 4 is 34.5 Å². The van der Waals surface area contributed by atoms with Gasteiger partial charge in [0.1, 0.15) is 0 Å². The van der Waals surface area contributed by atoms with Gasteiger partial charge in [0.15, 0.2) is 5.16 Å². The van der Waals surface area contributed by atoms with Crippen LogP contribution in [0, 0.1) is 0 Å². The molecule has 31 heavy (non-hydrogen) atoms. The second-order valence-corrected chi connectivity index (χ2v) is 8.33. The van der Waals surface area contributed by atoms with Crippen LogP contribution in [0.15, 0.2) is 64.5 Å². The lowest BCUT2D eigenvalue weighted by atomic mass is 10.1. The lowest BCUT2D eigenvalue weighted by Crippen LogP contribution is -2.33. The molecule has 1 aliphatic heterocycles. The molecule has 1 aliphatic rings. The van der Waals surface area contributed by atoms with Crippen LogP contribution < -0.4 is 10.9 Å². The van der Waals surface area contributed by atoms with Crippen molar-refractivity contribution < 1.29 is 14.3 Å². The van der Waals surface area contributed by atoms with Crippen LogP contribution in [0.3, 0.4) is 0 Å². The summed E-state index contributed by atoms with van der Waals surface area (Å²) >= 11 is 1.15. The molecule has 0 bridgehead atoms. The Morgan fingerprint density at radius 1 is 1.10 bits per heavy atom. The van der Waals surface area contributed by atoms with Crippen molar-refractivity contribution in [3.05, 3.63) is 70.5 Å². The highest BCUT2D eigenvalue weighted by atomic mass is 32.2. The van der Waals surface area contributed by atoms with Crippen molar-refractivity contribution in [1.29, 1.82) is 0 Å². The molecule has 2 aromatic carbocycles. The fourth-order valence-electron chi connectivity index (χ4n) is 3.56. The third kappa shape index (κ3) is 5.39. The van der Waals surface area contributed by atoms with E-state index < -0.39 is 5.91 Å². The molecule has 0 spiro atoms. The average Bonchev–Trinajstić information content (AvgIpc) is 3.28. The lowest BCUT2D eigenvalue weighted by Gasteiger charge is -2.16. The van der Waals surface area contributed by atoms with E-state index in [1.54, 1.807) is 22.8 Å². The molecule has 3 aromatic rings. The number of imide groups is 1. The van der Waals surface area contributed by atoms with Crippen LogP contribution in [0.2, 0.25) is 0 Å². The maximum absolute atomic E-state index is 13.1. The minimum atomic E-state index is -0.419. The number of nitrogens with zero attached hydrogens (tertiary/aromatic N) is 2. The standard InChI is InChI=1S/C23H23N3O4S/c27-20(13-16-7-2-1-3-8-16)25-21(28)15-31-23-24-19-11-5-4-10-18(19)22(29)26(23)14-17-9-6-12-30-17/h1-5,7-8,10-11,17H,6,9,12-15H2,(H,25,27,28). The van der Waals surface area contributed by atoms with Gasteiger partial charge >= 0.3 is 0 Å². The maximum atomic E-state index is 13.1. The molecule has 1 N–H and O–H groups in total. The molecule has 1 saturated heterocycles. The summed E-state index contributed by atoms with van der Waals surface area (Å²) in [6.07, 6.45) is 1.95. The van der Waals surface area contributed by atoms with Crippen LogP contribution in [0.1, 0.15) is 18.4 Å². The highest BCUT2D eigenvalue weighted by molar-refractivity contribution is 7.99. The van der Waals surface area contributed by atoms with Gasteiger partial charge in [0.2, 0.25) is 11.8 Å². The number of amides is 2. The van der Waals surface area contributed by atoms with Crippen LogP contribution in [-0.2, 0) is 27.3 Å². The zero-order valence-corrected chi connectivity index (χ0v) is 17.8. The number of ether oxygens (including phenoxy) is 1. The number of fused-ring (bicyclic) bond motifs is 1. The number of thioether (sulfide) groups is 1. The molecule has 8 heteroatoms. The molecular weight excluding hydrogens is 414 g/mol. The Bertz CT molecular complexity index is 1140. The summed E-state index contributed by atoms with van der Waals surface area (Å²) in [7, 11) is 0. The van der Waals surface area contributed by atoms with Crippen LogP contribution in [0.5, 0.6) is 0 Å². The Balaban J connectivity index is 1.47. The number of aromatic nitrogens is 2. The second-order valence-electron chi connectivity index (χ2n) is 7.38. The summed E-state index contributed by atoms with van der Waals surface area (Å²) in [4.78, 5) is 42.1. The van der Waals surface area contributed by atoms with Gasteiger partial charge in [-0.3, -0.25) is 24.3 Å². The van der Waals surface area contributed by atoms with Crippen molar-refractivity contribution in [2.75, 3.05) is 12.4 Å². The SMILES string of the molecule is O=C(CSc1nc2ccccc2c(=O)n1CC1CCCO1)NC(=O)Cc1ccccc1.